The smallest absolute Gasteiger partial charge is 0.335 e. The molecule has 740 valence electrons. The Labute approximate surface area is 773 Å². The second kappa shape index (κ2) is 54.7. The molecular formula is C87H120N16O32. The fourth-order valence-corrected chi connectivity index (χ4v) is 13.9. The molecule has 48 heteroatoms. The number of benzene rings is 4. The third-order valence-corrected chi connectivity index (χ3v) is 21.5. The van der Waals surface area contributed by atoms with Crippen LogP contribution in [0.15, 0.2) is 78.9 Å². The summed E-state index contributed by atoms with van der Waals surface area (Å²) in [6.07, 6.45) is -4.26. The second-order valence-corrected chi connectivity index (χ2v) is 32.7. The Morgan fingerprint density at radius 2 is 0.778 bits per heavy atom. The lowest BCUT2D eigenvalue weighted by Gasteiger charge is -2.30. The predicted molar refractivity (Wildman–Crippen MR) is 471 cm³/mol. The predicted octanol–water partition coefficient (Wildman–Crippen LogP) is -4.67. The fourth-order valence-electron chi connectivity index (χ4n) is 13.9. The molecule has 0 aromatic heterocycles. The van der Waals surface area contributed by atoms with Gasteiger partial charge in [0.05, 0.1) is 45.0 Å². The summed E-state index contributed by atoms with van der Waals surface area (Å²) in [4.78, 5) is 257. The van der Waals surface area contributed by atoms with E-state index in [0.29, 0.717) is 17.5 Å². The first-order valence-electron chi connectivity index (χ1n) is 43.3. The largest absolute Gasteiger partial charge is 0.508 e. The maximum absolute atomic E-state index is 14.6. The first kappa shape index (κ1) is 111. The van der Waals surface area contributed by atoms with Gasteiger partial charge in [-0.3, -0.25) is 81.5 Å². The maximum Gasteiger partial charge on any atom is 0.335 e. The highest BCUT2D eigenvalue weighted by Gasteiger charge is 2.41. The van der Waals surface area contributed by atoms with Gasteiger partial charge in [0.25, 0.3) is 5.91 Å². The molecule has 0 spiro atoms. The molecule has 0 radical (unpaired) electrons. The Kier molecular flexibility index (Phi) is 45.1. The number of phenols is 3. The van der Waals surface area contributed by atoms with E-state index in [-0.39, 0.29) is 109 Å². The number of carbonyl (C=O) groups excluding carboxylic acids is 14. The van der Waals surface area contributed by atoms with Gasteiger partial charge < -0.3 is 152 Å². The number of aromatic carboxylic acids is 1. The van der Waals surface area contributed by atoms with Gasteiger partial charge in [-0.2, -0.15) is 0 Å². The summed E-state index contributed by atoms with van der Waals surface area (Å²) in [6, 6.07) is -6.40. The minimum atomic E-state index is -2.05. The quantitative estimate of drug-likeness (QED) is 0.0163. The van der Waals surface area contributed by atoms with E-state index in [1.165, 1.54) is 99.6 Å². The number of amides is 14. The molecule has 14 amide bonds. The third kappa shape index (κ3) is 35.0. The molecule has 0 unspecified atom stereocenters. The number of ether oxygens (including phenoxy) is 1. The van der Waals surface area contributed by atoms with Crippen molar-refractivity contribution in [2.45, 2.75) is 216 Å². The van der Waals surface area contributed by atoms with E-state index in [2.05, 4.69) is 69.1 Å². The van der Waals surface area contributed by atoms with Crippen molar-refractivity contribution >= 4 is 113 Å². The van der Waals surface area contributed by atoms with Crippen molar-refractivity contribution in [3.8, 4) is 28.7 Å². The third-order valence-electron chi connectivity index (χ3n) is 21.5. The Morgan fingerprint density at radius 1 is 0.385 bits per heavy atom. The number of aliphatic hydroxyl groups is 4. The molecule has 0 aliphatic carbocycles. The van der Waals surface area contributed by atoms with E-state index in [0.717, 1.165) is 0 Å². The number of aromatic hydroxyl groups is 3. The average Bonchev–Trinajstić information content (AvgIpc) is 0.744. The molecule has 0 fully saturated rings. The number of phenolic OH excluding ortho intramolecular Hbond substituents is 3. The van der Waals surface area contributed by atoms with Crippen molar-refractivity contribution in [2.75, 3.05) is 46.1 Å². The Hall–Kier alpha value is -14.2. The van der Waals surface area contributed by atoms with Crippen LogP contribution in [0.4, 0.5) is 0 Å². The van der Waals surface area contributed by atoms with Crippen LogP contribution in [0, 0.1) is 17.8 Å². The van der Waals surface area contributed by atoms with E-state index < -0.39 is 286 Å². The van der Waals surface area contributed by atoms with Crippen LogP contribution >= 0.6 is 0 Å². The number of hydrogen-bond acceptors (Lipinski definition) is 29. The molecule has 1 heterocycles. The van der Waals surface area contributed by atoms with Crippen molar-refractivity contribution in [1.29, 1.82) is 0 Å². The van der Waals surface area contributed by atoms with E-state index >= 15 is 0 Å². The van der Waals surface area contributed by atoms with Gasteiger partial charge in [0.15, 0.2) is 0 Å². The number of fused-ring (bicyclic) bond motifs is 2. The van der Waals surface area contributed by atoms with Crippen LogP contribution in [0.2, 0.25) is 0 Å². The Morgan fingerprint density at radius 3 is 1.21 bits per heavy atom. The summed E-state index contributed by atoms with van der Waals surface area (Å²) in [5.41, 5.74) is 12.2. The first-order valence-corrected chi connectivity index (χ1v) is 43.3. The fraction of sp³-hybridized carbons (Fsp3) is 0.506. The van der Waals surface area contributed by atoms with E-state index in [1.807, 2.05) is 5.32 Å². The van der Waals surface area contributed by atoms with E-state index in [1.54, 1.807) is 20.8 Å². The summed E-state index contributed by atoms with van der Waals surface area (Å²) in [7, 11) is 0. The van der Waals surface area contributed by atoms with E-state index in [9.17, 15) is 152 Å². The monoisotopic (exact) mass is 1900 g/mol. The highest BCUT2D eigenvalue weighted by Crippen LogP contribution is 2.50. The van der Waals surface area contributed by atoms with Gasteiger partial charge in [0.1, 0.15) is 107 Å². The first-order chi connectivity index (χ1) is 63.8. The number of hydrogen-bond donors (Lipinski definition) is 28. The molecule has 48 nitrogen and oxygen atoms in total. The van der Waals surface area contributed by atoms with Crippen molar-refractivity contribution in [3.63, 3.8) is 0 Å². The molecule has 4 aromatic carbocycles. The van der Waals surface area contributed by atoms with Crippen molar-refractivity contribution in [2.24, 2.45) is 29.2 Å². The summed E-state index contributed by atoms with van der Waals surface area (Å²) in [5.74, 6) is -27.8. The van der Waals surface area contributed by atoms with Crippen molar-refractivity contribution in [3.05, 3.63) is 112 Å². The van der Waals surface area contributed by atoms with Crippen molar-refractivity contribution < 1.29 is 157 Å². The zero-order chi connectivity index (χ0) is 101. The zero-order valence-electron chi connectivity index (χ0n) is 74.9. The number of aliphatic carboxylic acids is 4. The van der Waals surface area contributed by atoms with Crippen LogP contribution in [0.1, 0.15) is 174 Å². The van der Waals surface area contributed by atoms with Crippen LogP contribution in [-0.4, -0.2) is 298 Å². The standard InChI is InChI=1S/C87H120N16O32/c1-7-43(6)72(85(130)95-56(25-27-68(114)115)78(123)99-61(38-105)82(127)97-59(35-69(116)117)81(126)102-71(42(4)5)87(133)134)103-84(129)63(40-107)101-83(128)62(39-106)100-79(124)57(30-41(2)3)96-75(120)54(13-9-11-29-89)93-77(122)55(24-26-67(112)113)94-80(125)58(31-44-14-17-46(108)18-15-44)91-66(111)36-90-74(119)60(37-104)98-76(121)53(12-8-10-28-88)92-73(118)45-16-21-49(86(131)132)52(32-45)70-50-22-19-47(109)33-64(50)135-65-34-48(110)20-23-51(65)70/h14-23,32-34,41-43,53-63,70-72,104-110H,7-13,24-31,35-40,88-89H2,1-6H3,(H,90,119)(H,91,111)(H,92,118)(H,93,122)(H,94,125)(H,95,130)(H,96,120)(H,97,127)(H,98,121)(H,99,123)(H,100,124)(H,101,128)(H,102,126)(H,103,129)(H,112,113)(H,114,115)(H,116,117)(H,131,132)(H,133,134)/t43-,53-,54-,55-,56-,57-,58-,59-,60-,61-,62-,63-,71-,72-/m0/s1. The zero-order valence-corrected chi connectivity index (χ0v) is 74.9. The minimum Gasteiger partial charge on any atom is -0.508 e. The van der Waals surface area contributed by atoms with Gasteiger partial charge >= 0.3 is 29.8 Å². The lowest BCUT2D eigenvalue weighted by atomic mass is 9.80. The molecule has 0 saturated heterocycles. The van der Waals surface area contributed by atoms with Gasteiger partial charge in [-0.05, 0) is 142 Å². The Balaban J connectivity index is 1.30. The number of unbranched alkanes of at least 4 members (excludes halogenated alkanes) is 2. The van der Waals surface area contributed by atoms with Gasteiger partial charge in [0, 0.05) is 54.0 Å². The molecule has 5 rings (SSSR count). The summed E-state index contributed by atoms with van der Waals surface area (Å²) in [5, 5.41) is 154. The SMILES string of the molecule is CC[C@H](C)[C@H](NC(=O)[C@H](CO)NC(=O)[C@H](CO)NC(=O)[C@H](CC(C)C)NC(=O)[C@H](CCCCN)NC(=O)[C@H](CCC(=O)O)NC(=O)[C@H](Cc1ccc(O)cc1)NC(=O)CNC(=O)[C@H](CO)NC(=O)[C@H](CCCCN)NC(=O)c1ccc(C(=O)O)c(C2c3ccc(O)cc3Oc3cc(O)ccc32)c1)C(=O)N[C@@H](CCC(=O)O)C(=O)N[C@@H](CO)C(=O)N[C@@H](CC(=O)O)C(=O)N[C@H](C(=O)O)C(C)C. The van der Waals surface area contributed by atoms with Gasteiger partial charge in [0.2, 0.25) is 76.8 Å². The summed E-state index contributed by atoms with van der Waals surface area (Å²) in [6.45, 7) is 3.40. The summed E-state index contributed by atoms with van der Waals surface area (Å²) < 4.78 is 5.98. The molecule has 1 aliphatic rings. The second-order valence-electron chi connectivity index (χ2n) is 32.7. The summed E-state index contributed by atoms with van der Waals surface area (Å²) >= 11 is 0. The van der Waals surface area contributed by atoms with Crippen LogP contribution in [0.25, 0.3) is 0 Å². The number of nitrogens with one attached hydrogen (secondary N) is 14. The number of nitrogens with two attached hydrogens (primary N) is 2. The van der Waals surface area contributed by atoms with Gasteiger partial charge in [-0.1, -0.05) is 72.2 Å². The molecule has 0 saturated carbocycles. The molecule has 135 heavy (non-hydrogen) atoms. The maximum atomic E-state index is 14.6. The molecule has 30 N–H and O–H groups in total. The number of rotatable bonds is 58. The molecule has 14 atom stereocenters. The normalized spacial score (nSPS) is 14.7. The molecule has 1 aliphatic heterocycles. The molecule has 0 bridgehead atoms. The van der Waals surface area contributed by atoms with Crippen LogP contribution in [0.5, 0.6) is 28.7 Å². The lowest BCUT2D eigenvalue weighted by Crippen LogP contribution is -2.62. The molecular weight excluding hydrogens is 1780 g/mol. The topological polar surface area (TPSA) is 797 Å². The number of carbonyl (C=O) groups is 19. The average molecular weight is 1900 g/mol. The Bertz CT molecular complexity index is 4830. The van der Waals surface area contributed by atoms with Gasteiger partial charge in [-0.15, -0.1) is 0 Å². The number of carboxylic acid groups (broad SMARTS) is 5. The van der Waals surface area contributed by atoms with E-state index in [4.69, 9.17) is 16.2 Å². The van der Waals surface area contributed by atoms with Crippen LogP contribution in [0.3, 0.4) is 0 Å². The van der Waals surface area contributed by atoms with Crippen LogP contribution in [-0.2, 0) is 87.9 Å². The van der Waals surface area contributed by atoms with Gasteiger partial charge in [-0.25, -0.2) is 9.59 Å². The highest BCUT2D eigenvalue weighted by atomic mass is 16.5. The van der Waals surface area contributed by atoms with Crippen molar-refractivity contribution in [1.82, 2.24) is 74.4 Å². The minimum absolute atomic E-state index is 0.0564. The molecule has 4 aromatic rings. The highest BCUT2D eigenvalue weighted by molar-refractivity contribution is 6.03. The lowest BCUT2D eigenvalue weighted by molar-refractivity contribution is -0.145. The number of aliphatic hydroxyl groups excluding tert-OH is 4. The number of carboxylic acids is 5. The van der Waals surface area contributed by atoms with Crippen LogP contribution < -0.4 is 90.6 Å².